The van der Waals surface area contributed by atoms with Gasteiger partial charge in [-0.05, 0) is 31.0 Å². The van der Waals surface area contributed by atoms with Crippen molar-refractivity contribution < 1.29 is 4.74 Å². The van der Waals surface area contributed by atoms with Crippen LogP contribution in [0.3, 0.4) is 0 Å². The second-order valence-electron chi connectivity index (χ2n) is 5.00. The maximum atomic E-state index is 5.75. The van der Waals surface area contributed by atoms with E-state index in [9.17, 15) is 0 Å². The summed E-state index contributed by atoms with van der Waals surface area (Å²) in [6, 6.07) is 8.61. The number of nitrogens with zero attached hydrogens (tertiary/aromatic N) is 2. The Hall–Kier alpha value is -1.33. The smallest absolute Gasteiger partial charge is 0.122 e. The first-order valence-corrected chi connectivity index (χ1v) is 7.72. The predicted molar refractivity (Wildman–Crippen MR) is 81.7 cm³/mol. The number of halogens is 1. The van der Waals surface area contributed by atoms with Crippen LogP contribution in [0, 0.1) is 0 Å². The number of rotatable bonds is 7. The van der Waals surface area contributed by atoms with Crippen LogP contribution in [0.1, 0.15) is 18.7 Å². The SMILES string of the molecule is Brc1cccc(OCCn2ccnc2CNC2CC2)c1. The van der Waals surface area contributed by atoms with Crippen LogP contribution in [0.5, 0.6) is 5.75 Å². The monoisotopic (exact) mass is 335 g/mol. The Bertz CT molecular complexity index is 566. The maximum Gasteiger partial charge on any atom is 0.122 e. The average molecular weight is 336 g/mol. The lowest BCUT2D eigenvalue weighted by Crippen LogP contribution is -2.20. The van der Waals surface area contributed by atoms with Gasteiger partial charge in [-0.25, -0.2) is 4.98 Å². The standard InChI is InChI=1S/C15H18BrN3O/c16-12-2-1-3-14(10-12)20-9-8-19-7-6-17-15(19)11-18-13-4-5-13/h1-3,6-7,10,13,18H,4-5,8-9,11H2. The zero-order valence-corrected chi connectivity index (χ0v) is 12.8. The Morgan fingerprint density at radius 1 is 1.40 bits per heavy atom. The molecule has 0 atom stereocenters. The van der Waals surface area contributed by atoms with Crippen molar-refractivity contribution in [1.82, 2.24) is 14.9 Å². The van der Waals surface area contributed by atoms with Crippen LogP contribution in [0.4, 0.5) is 0 Å². The molecular formula is C15H18BrN3O. The van der Waals surface area contributed by atoms with Crippen LogP contribution in [0.25, 0.3) is 0 Å². The molecule has 1 aromatic heterocycles. The highest BCUT2D eigenvalue weighted by Crippen LogP contribution is 2.19. The molecule has 1 saturated carbocycles. The maximum absolute atomic E-state index is 5.75. The fourth-order valence-corrected chi connectivity index (χ4v) is 2.43. The van der Waals surface area contributed by atoms with Gasteiger partial charge in [0.2, 0.25) is 0 Å². The summed E-state index contributed by atoms with van der Waals surface area (Å²) >= 11 is 3.44. The van der Waals surface area contributed by atoms with Crippen LogP contribution in [-0.4, -0.2) is 22.2 Å². The highest BCUT2D eigenvalue weighted by Gasteiger charge is 2.20. The summed E-state index contributed by atoms with van der Waals surface area (Å²) in [7, 11) is 0. The van der Waals surface area contributed by atoms with Gasteiger partial charge < -0.3 is 14.6 Å². The molecule has 1 aliphatic carbocycles. The van der Waals surface area contributed by atoms with E-state index in [-0.39, 0.29) is 0 Å². The van der Waals surface area contributed by atoms with Crippen molar-refractivity contribution in [1.29, 1.82) is 0 Å². The highest BCUT2D eigenvalue weighted by atomic mass is 79.9. The Labute approximate surface area is 127 Å². The van der Waals surface area contributed by atoms with Crippen molar-refractivity contribution in [3.05, 3.63) is 47.0 Å². The van der Waals surface area contributed by atoms with Gasteiger partial charge in [0.15, 0.2) is 0 Å². The van der Waals surface area contributed by atoms with E-state index in [2.05, 4.69) is 30.8 Å². The topological polar surface area (TPSA) is 39.1 Å². The van der Waals surface area contributed by atoms with Gasteiger partial charge in [-0.3, -0.25) is 0 Å². The minimum atomic E-state index is 0.642. The number of aromatic nitrogens is 2. The molecule has 1 aromatic carbocycles. The van der Waals surface area contributed by atoms with E-state index in [1.807, 2.05) is 36.7 Å². The molecular weight excluding hydrogens is 318 g/mol. The van der Waals surface area contributed by atoms with E-state index in [4.69, 9.17) is 4.74 Å². The van der Waals surface area contributed by atoms with Gasteiger partial charge in [0, 0.05) is 22.9 Å². The molecule has 2 aromatic rings. The molecule has 0 unspecified atom stereocenters. The van der Waals surface area contributed by atoms with Gasteiger partial charge in [-0.2, -0.15) is 0 Å². The van der Waals surface area contributed by atoms with Crippen molar-refractivity contribution in [2.45, 2.75) is 32.0 Å². The van der Waals surface area contributed by atoms with E-state index < -0.39 is 0 Å². The van der Waals surface area contributed by atoms with Crippen LogP contribution in [0.15, 0.2) is 41.1 Å². The van der Waals surface area contributed by atoms with Crippen molar-refractivity contribution in [3.8, 4) is 5.75 Å². The molecule has 0 aliphatic heterocycles. The highest BCUT2D eigenvalue weighted by molar-refractivity contribution is 9.10. The van der Waals surface area contributed by atoms with E-state index in [0.717, 1.165) is 29.1 Å². The fraction of sp³-hybridized carbons (Fsp3) is 0.400. The molecule has 0 saturated heterocycles. The van der Waals surface area contributed by atoms with Crippen molar-refractivity contribution in [3.63, 3.8) is 0 Å². The Kier molecular flexibility index (Phi) is 4.38. The molecule has 1 heterocycles. The van der Waals surface area contributed by atoms with Gasteiger partial charge >= 0.3 is 0 Å². The molecule has 1 fully saturated rings. The lowest BCUT2D eigenvalue weighted by Gasteiger charge is -2.10. The molecule has 0 amide bonds. The number of nitrogens with one attached hydrogen (secondary N) is 1. The second kappa shape index (κ2) is 6.41. The molecule has 0 radical (unpaired) electrons. The molecule has 3 rings (SSSR count). The quantitative estimate of drug-likeness (QED) is 0.845. The molecule has 1 N–H and O–H groups in total. The summed E-state index contributed by atoms with van der Waals surface area (Å²) in [6.45, 7) is 2.30. The first kappa shape index (κ1) is 13.6. The zero-order valence-electron chi connectivity index (χ0n) is 11.3. The number of benzene rings is 1. The van der Waals surface area contributed by atoms with E-state index in [1.54, 1.807) is 0 Å². The molecule has 106 valence electrons. The van der Waals surface area contributed by atoms with Crippen LogP contribution in [0.2, 0.25) is 0 Å². The first-order chi connectivity index (χ1) is 9.81. The third kappa shape index (κ3) is 3.84. The van der Waals surface area contributed by atoms with Crippen LogP contribution < -0.4 is 10.1 Å². The largest absolute Gasteiger partial charge is 0.492 e. The summed E-state index contributed by atoms with van der Waals surface area (Å²) in [5, 5.41) is 3.48. The Morgan fingerprint density at radius 3 is 3.10 bits per heavy atom. The van der Waals surface area contributed by atoms with Crippen molar-refractivity contribution in [2.24, 2.45) is 0 Å². The van der Waals surface area contributed by atoms with Crippen molar-refractivity contribution in [2.75, 3.05) is 6.61 Å². The van der Waals surface area contributed by atoms with Gasteiger partial charge in [0.05, 0.1) is 13.1 Å². The first-order valence-electron chi connectivity index (χ1n) is 6.93. The van der Waals surface area contributed by atoms with E-state index in [1.165, 1.54) is 12.8 Å². The second-order valence-corrected chi connectivity index (χ2v) is 5.91. The van der Waals surface area contributed by atoms with Gasteiger partial charge in [0.25, 0.3) is 0 Å². The third-order valence-corrected chi connectivity index (χ3v) is 3.82. The zero-order chi connectivity index (χ0) is 13.8. The van der Waals surface area contributed by atoms with Gasteiger partial charge in [0.1, 0.15) is 18.2 Å². The summed E-state index contributed by atoms with van der Waals surface area (Å²) in [6.07, 6.45) is 6.45. The molecule has 0 spiro atoms. The number of hydrogen-bond donors (Lipinski definition) is 1. The molecule has 4 nitrogen and oxygen atoms in total. The summed E-state index contributed by atoms with van der Waals surface area (Å²) < 4.78 is 8.93. The van der Waals surface area contributed by atoms with Gasteiger partial charge in [-0.1, -0.05) is 22.0 Å². The normalized spacial score (nSPS) is 14.4. The Balaban J connectivity index is 1.49. The lowest BCUT2D eigenvalue weighted by atomic mass is 10.3. The molecule has 1 aliphatic rings. The molecule has 20 heavy (non-hydrogen) atoms. The average Bonchev–Trinajstić information content (AvgIpc) is 3.16. The van der Waals surface area contributed by atoms with Crippen LogP contribution in [-0.2, 0) is 13.1 Å². The Morgan fingerprint density at radius 2 is 2.30 bits per heavy atom. The third-order valence-electron chi connectivity index (χ3n) is 3.32. The predicted octanol–water partition coefficient (Wildman–Crippen LogP) is 2.98. The summed E-state index contributed by atoms with van der Waals surface area (Å²) in [5.41, 5.74) is 0. The number of imidazole rings is 1. The number of ether oxygens (including phenoxy) is 1. The fourth-order valence-electron chi connectivity index (χ4n) is 2.05. The minimum absolute atomic E-state index is 0.642. The van der Waals surface area contributed by atoms with Crippen LogP contribution >= 0.6 is 15.9 Å². The minimum Gasteiger partial charge on any atom is -0.492 e. The summed E-state index contributed by atoms with van der Waals surface area (Å²) in [4.78, 5) is 4.39. The van der Waals surface area contributed by atoms with Crippen molar-refractivity contribution >= 4 is 15.9 Å². The number of hydrogen-bond acceptors (Lipinski definition) is 3. The summed E-state index contributed by atoms with van der Waals surface area (Å²) in [5.74, 6) is 1.96. The van der Waals surface area contributed by atoms with Gasteiger partial charge in [-0.15, -0.1) is 0 Å². The molecule has 5 heteroatoms. The van der Waals surface area contributed by atoms with E-state index >= 15 is 0 Å². The van der Waals surface area contributed by atoms with E-state index in [0.29, 0.717) is 12.6 Å². The lowest BCUT2D eigenvalue weighted by molar-refractivity contribution is 0.295. The molecule has 0 bridgehead atoms.